The van der Waals surface area contributed by atoms with Gasteiger partial charge in [-0.05, 0) is 93.3 Å². The Morgan fingerprint density at radius 1 is 1.08 bits per heavy atom. The molecule has 2 aliphatic rings. The fourth-order valence-electron chi connectivity index (χ4n) is 6.34. The quantitative estimate of drug-likeness (QED) is 0.504. The van der Waals surface area contributed by atoms with Crippen molar-refractivity contribution in [3.05, 3.63) is 52.8 Å². The van der Waals surface area contributed by atoms with Crippen LogP contribution in [0.15, 0.2) is 30.3 Å². The molecule has 2 aromatic heterocycles. The van der Waals surface area contributed by atoms with Crippen LogP contribution in [0.5, 0.6) is 0 Å². The summed E-state index contributed by atoms with van der Waals surface area (Å²) < 4.78 is 0. The lowest BCUT2D eigenvalue weighted by Gasteiger charge is -2.34. The Bertz CT molecular complexity index is 1220. The van der Waals surface area contributed by atoms with E-state index in [9.17, 15) is 9.90 Å². The number of likely N-dealkylation sites (tertiary alicyclic amines) is 2. The molecular weight excluding hydrogens is 448 g/mol. The first-order valence-electron chi connectivity index (χ1n) is 13.6. The molecule has 6 nitrogen and oxygen atoms in total. The van der Waals surface area contributed by atoms with Crippen molar-refractivity contribution < 1.29 is 9.90 Å². The number of hydrogen-bond donors (Lipinski definition) is 2. The van der Waals surface area contributed by atoms with E-state index in [1.807, 2.05) is 4.90 Å². The van der Waals surface area contributed by atoms with Gasteiger partial charge in [-0.2, -0.15) is 0 Å². The molecule has 1 amide bonds. The number of fused-ring (bicyclic) bond motifs is 1. The lowest BCUT2D eigenvalue weighted by atomic mass is 9.87. The van der Waals surface area contributed by atoms with E-state index in [0.717, 1.165) is 56.7 Å². The van der Waals surface area contributed by atoms with Gasteiger partial charge in [-0.3, -0.25) is 14.7 Å². The largest absolute Gasteiger partial charge is 0.395 e. The highest BCUT2D eigenvalue weighted by molar-refractivity contribution is 5.92. The molecule has 1 aromatic carbocycles. The lowest BCUT2D eigenvalue weighted by molar-refractivity contribution is -0.133. The summed E-state index contributed by atoms with van der Waals surface area (Å²) in [6.45, 7) is 11.8. The molecule has 2 aliphatic heterocycles. The van der Waals surface area contributed by atoms with Crippen LogP contribution in [-0.2, 0) is 4.79 Å². The van der Waals surface area contributed by atoms with Crippen LogP contribution in [-0.4, -0.2) is 69.6 Å². The first kappa shape index (κ1) is 25.0. The highest BCUT2D eigenvalue weighted by Crippen LogP contribution is 2.38. The minimum absolute atomic E-state index is 0.150. The monoisotopic (exact) mass is 488 g/mol. The van der Waals surface area contributed by atoms with Crippen LogP contribution in [0.2, 0.25) is 0 Å². The number of hydrogen-bond acceptors (Lipinski definition) is 4. The number of nitrogens with one attached hydrogen (secondary N) is 1. The standard InChI is InChI=1S/C30H40N4O2/c1-19(2)29-26-16-23(7-8-27(26)32-30(29)24-14-20(3)31-21(4)15-24)22-9-12-33(13-10-22)28(36)17-34-11-5-6-25(34)18-35/h7-8,14-16,19,22,25,32,35H,5-6,9-13,17-18H2,1-4H3. The van der Waals surface area contributed by atoms with Crippen LogP contribution in [0.4, 0.5) is 0 Å². The summed E-state index contributed by atoms with van der Waals surface area (Å²) >= 11 is 0. The Labute approximate surface area is 214 Å². The molecule has 2 fully saturated rings. The Balaban J connectivity index is 1.33. The summed E-state index contributed by atoms with van der Waals surface area (Å²) in [6, 6.07) is 11.4. The molecule has 2 N–H and O–H groups in total. The smallest absolute Gasteiger partial charge is 0.236 e. The molecule has 0 saturated carbocycles. The molecule has 6 heteroatoms. The molecule has 1 atom stereocenters. The van der Waals surface area contributed by atoms with E-state index in [1.165, 1.54) is 33.3 Å². The van der Waals surface area contributed by atoms with Crippen molar-refractivity contribution in [3.8, 4) is 11.3 Å². The highest BCUT2D eigenvalue weighted by Gasteiger charge is 2.30. The number of rotatable bonds is 6. The maximum atomic E-state index is 12.9. The fraction of sp³-hybridized carbons (Fsp3) is 0.533. The molecule has 3 aromatic rings. The third kappa shape index (κ3) is 4.94. The van der Waals surface area contributed by atoms with Gasteiger partial charge in [0.15, 0.2) is 0 Å². The third-order valence-corrected chi connectivity index (χ3v) is 8.18. The van der Waals surface area contributed by atoms with Gasteiger partial charge in [-0.1, -0.05) is 19.9 Å². The number of aliphatic hydroxyl groups is 1. The topological polar surface area (TPSA) is 72.5 Å². The molecule has 1 unspecified atom stereocenters. The van der Waals surface area contributed by atoms with Gasteiger partial charge in [0.05, 0.1) is 18.8 Å². The van der Waals surface area contributed by atoms with E-state index in [2.05, 4.69) is 72.9 Å². The van der Waals surface area contributed by atoms with Crippen molar-refractivity contribution in [2.24, 2.45) is 0 Å². The number of piperidine rings is 1. The predicted molar refractivity (Wildman–Crippen MR) is 145 cm³/mol. The van der Waals surface area contributed by atoms with E-state index in [1.54, 1.807) is 0 Å². The number of aryl methyl sites for hydroxylation is 2. The third-order valence-electron chi connectivity index (χ3n) is 8.18. The highest BCUT2D eigenvalue weighted by atomic mass is 16.3. The number of benzene rings is 1. The van der Waals surface area contributed by atoms with Gasteiger partial charge in [0.1, 0.15) is 0 Å². The average molecular weight is 489 g/mol. The number of pyridine rings is 1. The number of nitrogens with zero attached hydrogens (tertiary/aromatic N) is 3. The van der Waals surface area contributed by atoms with Crippen LogP contribution in [0, 0.1) is 13.8 Å². The average Bonchev–Trinajstić information content (AvgIpc) is 3.47. The molecule has 0 bridgehead atoms. The van der Waals surface area contributed by atoms with Crippen LogP contribution < -0.4 is 0 Å². The van der Waals surface area contributed by atoms with Gasteiger partial charge in [0, 0.05) is 47.0 Å². The molecule has 2 saturated heterocycles. The van der Waals surface area contributed by atoms with Gasteiger partial charge in [0.25, 0.3) is 0 Å². The van der Waals surface area contributed by atoms with Crippen molar-refractivity contribution >= 4 is 16.8 Å². The van der Waals surface area contributed by atoms with E-state index >= 15 is 0 Å². The number of carbonyl (C=O) groups is 1. The Hall–Kier alpha value is -2.70. The number of aromatic amines is 1. The number of amides is 1. The van der Waals surface area contributed by atoms with Gasteiger partial charge in [0.2, 0.25) is 5.91 Å². The van der Waals surface area contributed by atoms with Crippen molar-refractivity contribution in [3.63, 3.8) is 0 Å². The van der Waals surface area contributed by atoms with E-state index < -0.39 is 0 Å². The van der Waals surface area contributed by atoms with E-state index in [0.29, 0.717) is 18.4 Å². The minimum Gasteiger partial charge on any atom is -0.395 e. The maximum Gasteiger partial charge on any atom is 0.236 e. The summed E-state index contributed by atoms with van der Waals surface area (Å²) in [6.07, 6.45) is 4.06. The minimum atomic E-state index is 0.150. The van der Waals surface area contributed by atoms with Crippen molar-refractivity contribution in [1.82, 2.24) is 19.8 Å². The predicted octanol–water partition coefficient (Wildman–Crippen LogP) is 5.13. The van der Waals surface area contributed by atoms with E-state index in [-0.39, 0.29) is 18.6 Å². The number of carbonyl (C=O) groups excluding carboxylic acids is 1. The van der Waals surface area contributed by atoms with Crippen molar-refractivity contribution in [1.29, 1.82) is 0 Å². The summed E-state index contributed by atoms with van der Waals surface area (Å²) in [7, 11) is 0. The second-order valence-corrected chi connectivity index (χ2v) is 11.1. The molecule has 4 heterocycles. The second-order valence-electron chi connectivity index (χ2n) is 11.1. The summed E-state index contributed by atoms with van der Waals surface area (Å²) in [5, 5.41) is 10.9. The fourth-order valence-corrected chi connectivity index (χ4v) is 6.34. The molecule has 0 aliphatic carbocycles. The van der Waals surface area contributed by atoms with E-state index in [4.69, 9.17) is 0 Å². The number of aliphatic hydroxyl groups excluding tert-OH is 1. The van der Waals surface area contributed by atoms with Crippen LogP contribution >= 0.6 is 0 Å². The zero-order chi connectivity index (χ0) is 25.4. The lowest BCUT2D eigenvalue weighted by Crippen LogP contribution is -2.45. The van der Waals surface area contributed by atoms with Gasteiger partial charge < -0.3 is 15.0 Å². The summed E-state index contributed by atoms with van der Waals surface area (Å²) in [5.41, 5.74) is 8.41. The zero-order valence-corrected chi connectivity index (χ0v) is 22.2. The molecule has 0 spiro atoms. The van der Waals surface area contributed by atoms with Crippen molar-refractivity contribution in [2.75, 3.05) is 32.8 Å². The van der Waals surface area contributed by atoms with Gasteiger partial charge >= 0.3 is 0 Å². The van der Waals surface area contributed by atoms with Crippen molar-refractivity contribution in [2.45, 2.75) is 71.3 Å². The number of H-pyrrole nitrogens is 1. The Morgan fingerprint density at radius 2 is 1.81 bits per heavy atom. The summed E-state index contributed by atoms with van der Waals surface area (Å²) in [4.78, 5) is 25.4. The Kier molecular flexibility index (Phi) is 7.18. The molecule has 0 radical (unpaired) electrons. The first-order chi connectivity index (χ1) is 17.3. The van der Waals surface area contributed by atoms with Crippen LogP contribution in [0.1, 0.15) is 73.9 Å². The zero-order valence-electron chi connectivity index (χ0n) is 22.2. The molecule has 36 heavy (non-hydrogen) atoms. The van der Waals surface area contributed by atoms with Gasteiger partial charge in [-0.25, -0.2) is 0 Å². The van der Waals surface area contributed by atoms with Crippen LogP contribution in [0.25, 0.3) is 22.2 Å². The normalized spacial score (nSPS) is 19.6. The number of aromatic nitrogens is 2. The molecular formula is C30H40N4O2. The molecule has 192 valence electrons. The van der Waals surface area contributed by atoms with Gasteiger partial charge in [-0.15, -0.1) is 0 Å². The maximum absolute atomic E-state index is 12.9. The second kappa shape index (κ2) is 10.3. The molecule has 5 rings (SSSR count). The van der Waals surface area contributed by atoms with Crippen LogP contribution in [0.3, 0.4) is 0 Å². The SMILES string of the molecule is Cc1cc(-c2[nH]c3ccc(C4CCN(C(=O)CN5CCCC5CO)CC4)cc3c2C(C)C)cc(C)n1. The summed E-state index contributed by atoms with van der Waals surface area (Å²) in [5.74, 6) is 1.08. The Morgan fingerprint density at radius 3 is 2.47 bits per heavy atom. The first-order valence-corrected chi connectivity index (χ1v) is 13.6.